The van der Waals surface area contributed by atoms with Crippen molar-refractivity contribution in [2.45, 2.75) is 11.8 Å². The van der Waals surface area contributed by atoms with Crippen LogP contribution in [0.3, 0.4) is 0 Å². The standard InChI is InChI=1S/C21H19ClN2O5S/c1-2-28-21(25)23-16-9-11-18(12-10-16)30(26,27)24-19-14-15(22)8-13-20(19)29-17-6-4-3-5-7-17/h3-14,24H,2H2,1H3,(H,23,25). The van der Waals surface area contributed by atoms with E-state index in [2.05, 4.69) is 10.0 Å². The van der Waals surface area contributed by atoms with Crippen LogP contribution in [0.1, 0.15) is 6.92 Å². The second-order valence-electron chi connectivity index (χ2n) is 6.03. The summed E-state index contributed by atoms with van der Waals surface area (Å²) in [5.41, 5.74) is 0.600. The second-order valence-corrected chi connectivity index (χ2v) is 8.15. The summed E-state index contributed by atoms with van der Waals surface area (Å²) in [7, 11) is -3.93. The molecule has 0 saturated heterocycles. The minimum atomic E-state index is -3.93. The molecule has 0 spiro atoms. The topological polar surface area (TPSA) is 93.7 Å². The molecule has 2 N–H and O–H groups in total. The van der Waals surface area contributed by atoms with Crippen LogP contribution in [0.25, 0.3) is 0 Å². The number of hydrogen-bond donors (Lipinski definition) is 2. The summed E-state index contributed by atoms with van der Waals surface area (Å²) in [5.74, 6) is 0.851. The summed E-state index contributed by atoms with van der Waals surface area (Å²) in [6.45, 7) is 1.92. The van der Waals surface area contributed by atoms with Crippen molar-refractivity contribution in [3.8, 4) is 11.5 Å². The molecule has 0 bridgehead atoms. The third kappa shape index (κ3) is 5.65. The molecule has 0 heterocycles. The maximum atomic E-state index is 12.8. The van der Waals surface area contributed by atoms with E-state index in [0.29, 0.717) is 22.2 Å². The summed E-state index contributed by atoms with van der Waals surface area (Å²) >= 11 is 6.05. The lowest BCUT2D eigenvalue weighted by molar-refractivity contribution is 0.168. The highest BCUT2D eigenvalue weighted by Gasteiger charge is 2.18. The molecule has 7 nitrogen and oxygen atoms in total. The van der Waals surface area contributed by atoms with Crippen LogP contribution in [-0.2, 0) is 14.8 Å². The smallest absolute Gasteiger partial charge is 0.411 e. The number of hydrogen-bond acceptors (Lipinski definition) is 5. The number of anilines is 2. The Kier molecular flexibility index (Phi) is 6.81. The molecule has 9 heteroatoms. The van der Waals surface area contributed by atoms with Gasteiger partial charge in [-0.3, -0.25) is 10.0 Å². The average molecular weight is 447 g/mol. The normalized spacial score (nSPS) is 10.9. The third-order valence-corrected chi connectivity index (χ3v) is 5.46. The summed E-state index contributed by atoms with van der Waals surface area (Å²) in [5, 5.41) is 2.85. The number of halogens is 1. The van der Waals surface area contributed by atoms with Crippen molar-refractivity contribution in [3.63, 3.8) is 0 Å². The Labute approximate surface area is 179 Å². The van der Waals surface area contributed by atoms with Crippen molar-refractivity contribution < 1.29 is 22.7 Å². The monoisotopic (exact) mass is 446 g/mol. The Morgan fingerprint density at radius 3 is 2.37 bits per heavy atom. The molecule has 0 fully saturated rings. The fourth-order valence-corrected chi connectivity index (χ4v) is 3.73. The average Bonchev–Trinajstić information content (AvgIpc) is 2.71. The zero-order chi connectivity index (χ0) is 21.6. The number of sulfonamides is 1. The van der Waals surface area contributed by atoms with Gasteiger partial charge in [-0.2, -0.15) is 0 Å². The van der Waals surface area contributed by atoms with Crippen LogP contribution in [0.5, 0.6) is 11.5 Å². The molecular formula is C21H19ClN2O5S. The quantitative estimate of drug-likeness (QED) is 0.499. The van der Waals surface area contributed by atoms with Gasteiger partial charge in [-0.25, -0.2) is 13.2 Å². The van der Waals surface area contributed by atoms with E-state index >= 15 is 0 Å². The number of carbonyl (C=O) groups excluding carboxylic acids is 1. The molecule has 3 aromatic carbocycles. The maximum Gasteiger partial charge on any atom is 0.411 e. The minimum absolute atomic E-state index is 0.00236. The Morgan fingerprint density at radius 2 is 1.70 bits per heavy atom. The van der Waals surface area contributed by atoms with Crippen molar-refractivity contribution in [1.29, 1.82) is 0 Å². The zero-order valence-electron chi connectivity index (χ0n) is 16.0. The highest BCUT2D eigenvalue weighted by molar-refractivity contribution is 7.92. The number of rotatable bonds is 7. The number of ether oxygens (including phenoxy) is 2. The molecule has 30 heavy (non-hydrogen) atoms. The summed E-state index contributed by atoms with van der Waals surface area (Å²) < 4.78 is 38.7. The Bertz CT molecular complexity index is 1120. The summed E-state index contributed by atoms with van der Waals surface area (Å²) in [6.07, 6.45) is -0.618. The van der Waals surface area contributed by atoms with Gasteiger partial charge in [0, 0.05) is 10.7 Å². The number of nitrogens with one attached hydrogen (secondary N) is 2. The van der Waals surface area contributed by atoms with Crippen molar-refractivity contribution in [2.24, 2.45) is 0 Å². The Balaban J connectivity index is 1.81. The number of amides is 1. The predicted octanol–water partition coefficient (Wildman–Crippen LogP) is 5.50. The Hall–Kier alpha value is -3.23. The molecule has 0 aromatic heterocycles. The molecule has 1 amide bonds. The fourth-order valence-electron chi connectivity index (χ4n) is 2.49. The highest BCUT2D eigenvalue weighted by atomic mass is 35.5. The molecule has 0 unspecified atom stereocenters. The molecule has 0 radical (unpaired) electrons. The molecule has 0 aliphatic rings. The molecule has 3 rings (SSSR count). The first kappa shape index (κ1) is 21.5. The molecular weight excluding hydrogens is 428 g/mol. The van der Waals surface area contributed by atoms with E-state index in [1.54, 1.807) is 43.3 Å². The predicted molar refractivity (Wildman–Crippen MR) is 116 cm³/mol. The van der Waals surface area contributed by atoms with Gasteiger partial charge in [0.2, 0.25) is 0 Å². The van der Waals surface area contributed by atoms with Gasteiger partial charge in [0.05, 0.1) is 17.2 Å². The molecule has 3 aromatic rings. The van der Waals surface area contributed by atoms with E-state index in [1.165, 1.54) is 30.3 Å². The van der Waals surface area contributed by atoms with Crippen LogP contribution >= 0.6 is 11.6 Å². The van der Waals surface area contributed by atoms with Gasteiger partial charge < -0.3 is 9.47 Å². The highest BCUT2D eigenvalue weighted by Crippen LogP contribution is 2.33. The van der Waals surface area contributed by atoms with E-state index < -0.39 is 16.1 Å². The van der Waals surface area contributed by atoms with Gasteiger partial charge in [0.1, 0.15) is 5.75 Å². The van der Waals surface area contributed by atoms with Gasteiger partial charge in [-0.15, -0.1) is 0 Å². The first-order valence-corrected chi connectivity index (χ1v) is 10.8. The van der Waals surface area contributed by atoms with Crippen molar-refractivity contribution >= 4 is 39.1 Å². The largest absolute Gasteiger partial charge is 0.455 e. The number of benzene rings is 3. The summed E-state index contributed by atoms with van der Waals surface area (Å²) in [6, 6.07) is 19.3. The van der Waals surface area contributed by atoms with Gasteiger partial charge >= 0.3 is 6.09 Å². The van der Waals surface area contributed by atoms with Gasteiger partial charge in [0.25, 0.3) is 10.0 Å². The lowest BCUT2D eigenvalue weighted by Gasteiger charge is -2.14. The maximum absolute atomic E-state index is 12.8. The summed E-state index contributed by atoms with van der Waals surface area (Å²) in [4.78, 5) is 11.5. The third-order valence-electron chi connectivity index (χ3n) is 3.84. The van der Waals surface area contributed by atoms with Crippen LogP contribution in [0.15, 0.2) is 77.7 Å². The van der Waals surface area contributed by atoms with E-state index in [0.717, 1.165) is 0 Å². The second kappa shape index (κ2) is 9.51. The van der Waals surface area contributed by atoms with Crippen LogP contribution in [-0.4, -0.2) is 21.1 Å². The molecule has 0 atom stereocenters. The van der Waals surface area contributed by atoms with Crippen molar-refractivity contribution in [2.75, 3.05) is 16.6 Å². The van der Waals surface area contributed by atoms with Crippen LogP contribution in [0.2, 0.25) is 5.02 Å². The number of para-hydroxylation sites is 1. The van der Waals surface area contributed by atoms with Gasteiger partial charge in [-0.1, -0.05) is 29.8 Å². The molecule has 156 valence electrons. The lowest BCUT2D eigenvalue weighted by Crippen LogP contribution is -2.15. The van der Waals surface area contributed by atoms with E-state index in [4.69, 9.17) is 21.1 Å². The number of carbonyl (C=O) groups is 1. The first-order chi connectivity index (χ1) is 14.4. The van der Waals surface area contributed by atoms with Crippen LogP contribution in [0.4, 0.5) is 16.2 Å². The minimum Gasteiger partial charge on any atom is -0.455 e. The molecule has 0 aliphatic carbocycles. The van der Waals surface area contributed by atoms with E-state index in [9.17, 15) is 13.2 Å². The van der Waals surface area contributed by atoms with Crippen LogP contribution < -0.4 is 14.8 Å². The fraction of sp³-hybridized carbons (Fsp3) is 0.0952. The van der Waals surface area contributed by atoms with Crippen molar-refractivity contribution in [1.82, 2.24) is 0 Å². The van der Waals surface area contributed by atoms with Gasteiger partial charge in [0.15, 0.2) is 5.75 Å². The first-order valence-electron chi connectivity index (χ1n) is 8.96. The SMILES string of the molecule is CCOC(=O)Nc1ccc(S(=O)(=O)Nc2cc(Cl)ccc2Oc2ccccc2)cc1. The van der Waals surface area contributed by atoms with E-state index in [-0.39, 0.29) is 17.2 Å². The van der Waals surface area contributed by atoms with Crippen LogP contribution in [0, 0.1) is 0 Å². The van der Waals surface area contributed by atoms with Gasteiger partial charge in [-0.05, 0) is 61.5 Å². The molecule has 0 saturated carbocycles. The van der Waals surface area contributed by atoms with Crippen molar-refractivity contribution in [3.05, 3.63) is 77.8 Å². The zero-order valence-corrected chi connectivity index (χ0v) is 17.5. The van der Waals surface area contributed by atoms with E-state index in [1.807, 2.05) is 6.07 Å². The Morgan fingerprint density at radius 1 is 1.00 bits per heavy atom. The lowest BCUT2D eigenvalue weighted by atomic mass is 10.3. The molecule has 0 aliphatic heterocycles.